The maximum absolute atomic E-state index is 2.21. The van der Waals surface area contributed by atoms with Crippen molar-refractivity contribution >= 4 is 23.5 Å². The van der Waals surface area contributed by atoms with E-state index >= 15 is 0 Å². The van der Waals surface area contributed by atoms with E-state index in [4.69, 9.17) is 0 Å². The molecular weight excluding hydrogens is 184 g/mol. The molecule has 12 heavy (non-hydrogen) atoms. The maximum atomic E-state index is 2.21. The highest BCUT2D eigenvalue weighted by Crippen LogP contribution is 2.37. The van der Waals surface area contributed by atoms with Crippen molar-refractivity contribution < 1.29 is 0 Å². The third-order valence-electron chi connectivity index (χ3n) is 1.90. The smallest absolute Gasteiger partial charge is 0.0473 e. The third-order valence-corrected chi connectivity index (χ3v) is 4.59. The number of hydrogen-bond donors (Lipinski definition) is 0. The molecule has 0 bridgehead atoms. The summed E-state index contributed by atoms with van der Waals surface area (Å²) in [6.07, 6.45) is 11.4. The molecule has 0 nitrogen and oxygen atoms in total. The van der Waals surface area contributed by atoms with Crippen LogP contribution in [0.5, 0.6) is 0 Å². The van der Waals surface area contributed by atoms with Gasteiger partial charge in [0.25, 0.3) is 0 Å². The molecule has 2 heteroatoms. The number of allylic oxidation sites excluding steroid dienone is 5. The lowest BCUT2D eigenvalue weighted by Gasteiger charge is -2.02. The molecule has 0 spiro atoms. The van der Waals surface area contributed by atoms with Crippen molar-refractivity contribution in [3.63, 3.8) is 0 Å². The summed E-state index contributed by atoms with van der Waals surface area (Å²) in [5.41, 5.74) is 1.42. The van der Waals surface area contributed by atoms with Gasteiger partial charge in [-0.1, -0.05) is 24.3 Å². The largest absolute Gasteiger partial charge is 0.119 e. The van der Waals surface area contributed by atoms with Crippen LogP contribution in [0.15, 0.2) is 34.1 Å². The summed E-state index contributed by atoms with van der Waals surface area (Å²) in [5, 5.41) is 0. The highest BCUT2D eigenvalue weighted by Gasteiger charge is 2.09. The minimum atomic E-state index is 1.30. The van der Waals surface area contributed by atoms with Crippen LogP contribution in [0.3, 0.4) is 0 Å². The normalized spacial score (nSPS) is 23.3. The van der Waals surface area contributed by atoms with Gasteiger partial charge in [-0.25, -0.2) is 0 Å². The molecule has 2 rings (SSSR count). The van der Waals surface area contributed by atoms with E-state index in [0.717, 1.165) is 0 Å². The van der Waals surface area contributed by atoms with E-state index in [0.29, 0.717) is 0 Å². The Morgan fingerprint density at radius 1 is 0.917 bits per heavy atom. The van der Waals surface area contributed by atoms with Crippen molar-refractivity contribution in [3.8, 4) is 0 Å². The predicted octanol–water partition coefficient (Wildman–Crippen LogP) is 3.58. The molecule has 2 aliphatic rings. The molecule has 1 fully saturated rings. The van der Waals surface area contributed by atoms with Gasteiger partial charge in [0.1, 0.15) is 0 Å². The second-order valence-corrected chi connectivity index (χ2v) is 5.33. The number of hydrogen-bond acceptors (Lipinski definition) is 2. The maximum Gasteiger partial charge on any atom is 0.0473 e. The minimum absolute atomic E-state index is 1.30. The zero-order chi connectivity index (χ0) is 8.23. The lowest BCUT2D eigenvalue weighted by molar-refractivity contribution is 0.912. The molecule has 1 aliphatic carbocycles. The van der Waals surface area contributed by atoms with E-state index in [9.17, 15) is 0 Å². The second-order valence-electron chi connectivity index (χ2n) is 2.87. The van der Waals surface area contributed by atoms with Gasteiger partial charge in [-0.15, -0.1) is 23.5 Å². The van der Waals surface area contributed by atoms with Crippen LogP contribution in [-0.4, -0.2) is 11.5 Å². The Hall–Kier alpha value is -0.0800. The molecule has 0 aromatic heterocycles. The molecule has 0 atom stereocenters. The monoisotopic (exact) mass is 196 g/mol. The highest BCUT2D eigenvalue weighted by atomic mass is 32.2. The molecule has 1 aliphatic heterocycles. The van der Waals surface area contributed by atoms with Crippen LogP contribution < -0.4 is 0 Å². The summed E-state index contributed by atoms with van der Waals surface area (Å²) in [6.45, 7) is 0. The average molecular weight is 196 g/mol. The minimum Gasteiger partial charge on any atom is -0.119 e. The fraction of sp³-hybridized carbons (Fsp3) is 0.400. The van der Waals surface area contributed by atoms with Crippen LogP contribution in [0.25, 0.3) is 0 Å². The predicted molar refractivity (Wildman–Crippen MR) is 59.5 cm³/mol. The lowest BCUT2D eigenvalue weighted by atomic mass is 10.3. The molecule has 0 aromatic carbocycles. The summed E-state index contributed by atoms with van der Waals surface area (Å²) in [4.78, 5) is 0. The van der Waals surface area contributed by atoms with Crippen LogP contribution in [0.1, 0.15) is 12.8 Å². The van der Waals surface area contributed by atoms with E-state index < -0.39 is 0 Å². The van der Waals surface area contributed by atoms with Gasteiger partial charge in [0.05, 0.1) is 0 Å². The van der Waals surface area contributed by atoms with Gasteiger partial charge in [0.15, 0.2) is 0 Å². The average Bonchev–Trinajstić information content (AvgIpc) is 2.48. The Kier molecular flexibility index (Phi) is 3.01. The van der Waals surface area contributed by atoms with Gasteiger partial charge in [-0.3, -0.25) is 0 Å². The Bertz CT molecular complexity index is 225. The summed E-state index contributed by atoms with van der Waals surface area (Å²) in [6, 6.07) is 0. The molecule has 0 radical (unpaired) electrons. The van der Waals surface area contributed by atoms with Gasteiger partial charge in [-0.05, 0) is 29.9 Å². The third kappa shape index (κ3) is 1.99. The van der Waals surface area contributed by atoms with E-state index in [1.807, 2.05) is 23.5 Å². The molecule has 0 unspecified atom stereocenters. The lowest BCUT2D eigenvalue weighted by Crippen LogP contribution is -1.76. The second kappa shape index (κ2) is 4.24. The Morgan fingerprint density at radius 3 is 2.08 bits per heavy atom. The standard InChI is InChI=1S/C10H12S2/c1-2-6-9(5-1)10-11-7-3-4-8-12-10/h1-2,5-6H,3-4,7-8H2. The van der Waals surface area contributed by atoms with E-state index in [2.05, 4.69) is 24.3 Å². The molecule has 1 saturated heterocycles. The van der Waals surface area contributed by atoms with Gasteiger partial charge >= 0.3 is 0 Å². The van der Waals surface area contributed by atoms with Crippen molar-refractivity contribution in [1.82, 2.24) is 0 Å². The van der Waals surface area contributed by atoms with Gasteiger partial charge in [0, 0.05) is 4.24 Å². The Morgan fingerprint density at radius 2 is 1.50 bits per heavy atom. The van der Waals surface area contributed by atoms with Gasteiger partial charge in [0.2, 0.25) is 0 Å². The van der Waals surface area contributed by atoms with Crippen molar-refractivity contribution in [2.75, 3.05) is 11.5 Å². The molecule has 1 heterocycles. The van der Waals surface area contributed by atoms with Crippen LogP contribution >= 0.6 is 23.5 Å². The highest BCUT2D eigenvalue weighted by molar-refractivity contribution is 8.22. The fourth-order valence-electron chi connectivity index (χ4n) is 1.25. The summed E-state index contributed by atoms with van der Waals surface area (Å²) in [7, 11) is 0. The molecule has 0 saturated carbocycles. The quantitative estimate of drug-likeness (QED) is 0.581. The SMILES string of the molecule is C1=CC(=C2SCCCCS2)C=C1. The first-order chi connectivity index (χ1) is 5.97. The van der Waals surface area contributed by atoms with Crippen molar-refractivity contribution in [3.05, 3.63) is 34.1 Å². The fourth-order valence-corrected chi connectivity index (χ4v) is 3.76. The van der Waals surface area contributed by atoms with E-state index in [1.54, 1.807) is 0 Å². The van der Waals surface area contributed by atoms with Crippen LogP contribution in [-0.2, 0) is 0 Å². The van der Waals surface area contributed by atoms with Crippen LogP contribution in [0.4, 0.5) is 0 Å². The van der Waals surface area contributed by atoms with Crippen molar-refractivity contribution in [1.29, 1.82) is 0 Å². The Labute approximate surface area is 82.2 Å². The Balaban J connectivity index is 2.14. The van der Waals surface area contributed by atoms with Crippen LogP contribution in [0.2, 0.25) is 0 Å². The molecule has 0 aromatic rings. The summed E-state index contributed by atoms with van der Waals surface area (Å²) in [5.74, 6) is 2.60. The van der Waals surface area contributed by atoms with Crippen LogP contribution in [0, 0.1) is 0 Å². The van der Waals surface area contributed by atoms with Crippen molar-refractivity contribution in [2.24, 2.45) is 0 Å². The number of rotatable bonds is 0. The van der Waals surface area contributed by atoms with Gasteiger partial charge < -0.3 is 0 Å². The van der Waals surface area contributed by atoms with Crippen molar-refractivity contribution in [2.45, 2.75) is 12.8 Å². The molecule has 0 amide bonds. The van der Waals surface area contributed by atoms with E-state index in [-0.39, 0.29) is 0 Å². The first-order valence-electron chi connectivity index (χ1n) is 4.31. The summed E-state index contributed by atoms with van der Waals surface area (Å²) >= 11 is 4.04. The molecule has 0 N–H and O–H groups in total. The van der Waals surface area contributed by atoms with Gasteiger partial charge in [-0.2, -0.15) is 0 Å². The first kappa shape index (κ1) is 8.52. The zero-order valence-electron chi connectivity index (χ0n) is 6.95. The molecule has 64 valence electrons. The summed E-state index contributed by atoms with van der Waals surface area (Å²) < 4.78 is 1.53. The topological polar surface area (TPSA) is 0 Å². The number of thioether (sulfide) groups is 2. The molecular formula is C10H12S2. The van der Waals surface area contributed by atoms with E-state index in [1.165, 1.54) is 34.2 Å². The zero-order valence-corrected chi connectivity index (χ0v) is 8.59. The first-order valence-corrected chi connectivity index (χ1v) is 6.28.